The van der Waals surface area contributed by atoms with E-state index < -0.39 is 0 Å². The van der Waals surface area contributed by atoms with Gasteiger partial charge < -0.3 is 10.6 Å². The monoisotopic (exact) mass is 363 g/mol. The standard InChI is InChI=1S/C19H21N7O/c1-3-25-11-15(10-22-25)17-16(13(2)24-19-21-12-23-26(17)19)18(27)20-9-14-7-5-4-6-8-14/h4-8,10-12,17H,3,9H2,1-2H3,(H,20,27)(H,21,23,24)/t17-/m1/s1. The van der Waals surface area contributed by atoms with E-state index >= 15 is 0 Å². The highest BCUT2D eigenvalue weighted by molar-refractivity contribution is 5.96. The molecule has 3 aromatic rings. The van der Waals surface area contributed by atoms with Crippen LogP contribution in [0, 0.1) is 0 Å². The first-order chi connectivity index (χ1) is 13.2. The summed E-state index contributed by atoms with van der Waals surface area (Å²) in [6, 6.07) is 9.46. The second-order valence-corrected chi connectivity index (χ2v) is 6.39. The van der Waals surface area contributed by atoms with Gasteiger partial charge >= 0.3 is 0 Å². The fraction of sp³-hybridized carbons (Fsp3) is 0.263. The number of fused-ring (bicyclic) bond motifs is 1. The zero-order chi connectivity index (χ0) is 18.8. The van der Waals surface area contributed by atoms with E-state index in [4.69, 9.17) is 0 Å². The summed E-state index contributed by atoms with van der Waals surface area (Å²) in [5, 5.41) is 14.9. The molecule has 0 saturated carbocycles. The number of carbonyl (C=O) groups is 1. The first-order valence-corrected chi connectivity index (χ1v) is 8.89. The maximum Gasteiger partial charge on any atom is 0.251 e. The van der Waals surface area contributed by atoms with E-state index in [0.717, 1.165) is 23.4 Å². The van der Waals surface area contributed by atoms with Crippen molar-refractivity contribution in [2.75, 3.05) is 5.32 Å². The third-order valence-electron chi connectivity index (χ3n) is 4.63. The number of aromatic nitrogens is 5. The van der Waals surface area contributed by atoms with Crippen molar-refractivity contribution in [1.82, 2.24) is 29.9 Å². The molecular weight excluding hydrogens is 342 g/mol. The Morgan fingerprint density at radius 1 is 1.26 bits per heavy atom. The van der Waals surface area contributed by atoms with Gasteiger partial charge in [0.1, 0.15) is 12.4 Å². The number of aryl methyl sites for hydroxylation is 1. The molecule has 0 spiro atoms. The van der Waals surface area contributed by atoms with E-state index in [2.05, 4.69) is 25.8 Å². The molecule has 1 aliphatic heterocycles. The molecule has 1 aromatic carbocycles. The highest BCUT2D eigenvalue weighted by atomic mass is 16.1. The number of rotatable bonds is 5. The molecular formula is C19H21N7O. The largest absolute Gasteiger partial charge is 0.348 e. The lowest BCUT2D eigenvalue weighted by Gasteiger charge is -2.27. The SMILES string of the molecule is CCn1cc([C@@H]2C(C(=O)NCc3ccccc3)=C(C)Nc3ncnn32)cn1. The Hall–Kier alpha value is -3.42. The Bertz CT molecular complexity index is 986. The molecule has 0 aliphatic carbocycles. The van der Waals surface area contributed by atoms with E-state index in [1.165, 1.54) is 6.33 Å². The lowest BCUT2D eigenvalue weighted by atomic mass is 9.97. The third-order valence-corrected chi connectivity index (χ3v) is 4.63. The summed E-state index contributed by atoms with van der Waals surface area (Å²) < 4.78 is 3.56. The lowest BCUT2D eigenvalue weighted by Crippen LogP contribution is -2.34. The normalized spacial score (nSPS) is 16.0. The molecule has 1 atom stereocenters. The molecule has 0 unspecified atom stereocenters. The quantitative estimate of drug-likeness (QED) is 0.725. The summed E-state index contributed by atoms with van der Waals surface area (Å²) in [5.74, 6) is 0.473. The van der Waals surface area contributed by atoms with Crippen LogP contribution in [0.3, 0.4) is 0 Å². The molecule has 4 rings (SSSR count). The van der Waals surface area contributed by atoms with E-state index in [1.54, 1.807) is 10.9 Å². The highest BCUT2D eigenvalue weighted by Gasteiger charge is 2.34. The molecule has 1 aliphatic rings. The molecule has 8 heteroatoms. The molecule has 27 heavy (non-hydrogen) atoms. The smallest absolute Gasteiger partial charge is 0.251 e. The Labute approximate surface area is 156 Å². The van der Waals surface area contributed by atoms with Crippen molar-refractivity contribution in [3.8, 4) is 0 Å². The summed E-state index contributed by atoms with van der Waals surface area (Å²) in [6.45, 7) is 5.12. The van der Waals surface area contributed by atoms with Gasteiger partial charge in [0.25, 0.3) is 5.91 Å². The van der Waals surface area contributed by atoms with Gasteiger partial charge in [0.15, 0.2) is 0 Å². The first kappa shape index (κ1) is 17.0. The van der Waals surface area contributed by atoms with Crippen LogP contribution >= 0.6 is 0 Å². The summed E-state index contributed by atoms with van der Waals surface area (Å²) in [6.07, 6.45) is 5.21. The van der Waals surface area contributed by atoms with Crippen molar-refractivity contribution >= 4 is 11.9 Å². The van der Waals surface area contributed by atoms with Gasteiger partial charge in [-0.2, -0.15) is 15.2 Å². The number of anilines is 1. The number of amides is 1. The van der Waals surface area contributed by atoms with Gasteiger partial charge in [-0.3, -0.25) is 9.48 Å². The maximum atomic E-state index is 13.1. The summed E-state index contributed by atoms with van der Waals surface area (Å²) in [5.41, 5.74) is 3.31. The molecule has 2 N–H and O–H groups in total. The number of hydrogen-bond acceptors (Lipinski definition) is 5. The van der Waals surface area contributed by atoms with Gasteiger partial charge in [-0.1, -0.05) is 30.3 Å². The maximum absolute atomic E-state index is 13.1. The van der Waals surface area contributed by atoms with Gasteiger partial charge in [-0.05, 0) is 19.4 Å². The zero-order valence-electron chi connectivity index (χ0n) is 15.3. The number of allylic oxidation sites excluding steroid dienone is 1. The average Bonchev–Trinajstić information content (AvgIpc) is 3.35. The predicted molar refractivity (Wildman–Crippen MR) is 101 cm³/mol. The van der Waals surface area contributed by atoms with Crippen molar-refractivity contribution in [3.63, 3.8) is 0 Å². The Morgan fingerprint density at radius 2 is 2.07 bits per heavy atom. The van der Waals surface area contributed by atoms with Crippen molar-refractivity contribution in [3.05, 3.63) is 71.4 Å². The fourth-order valence-corrected chi connectivity index (χ4v) is 3.26. The van der Waals surface area contributed by atoms with E-state index in [1.807, 2.05) is 55.1 Å². The summed E-state index contributed by atoms with van der Waals surface area (Å²) in [7, 11) is 0. The van der Waals surface area contributed by atoms with Crippen LogP contribution in [0.1, 0.15) is 31.0 Å². The first-order valence-electron chi connectivity index (χ1n) is 8.89. The number of carbonyl (C=O) groups excluding carboxylic acids is 1. The van der Waals surface area contributed by atoms with Crippen LogP contribution < -0.4 is 10.6 Å². The number of nitrogens with one attached hydrogen (secondary N) is 2. The molecule has 8 nitrogen and oxygen atoms in total. The molecule has 0 saturated heterocycles. The van der Waals surface area contributed by atoms with E-state index in [0.29, 0.717) is 18.1 Å². The molecule has 0 bridgehead atoms. The van der Waals surface area contributed by atoms with Gasteiger partial charge in [0, 0.05) is 30.5 Å². The number of benzene rings is 1. The van der Waals surface area contributed by atoms with E-state index in [9.17, 15) is 4.79 Å². The van der Waals surface area contributed by atoms with Crippen LogP contribution in [0.2, 0.25) is 0 Å². The summed E-state index contributed by atoms with van der Waals surface area (Å²) >= 11 is 0. The van der Waals surface area contributed by atoms with Crippen LogP contribution in [-0.4, -0.2) is 30.5 Å². The highest BCUT2D eigenvalue weighted by Crippen LogP contribution is 2.34. The minimum Gasteiger partial charge on any atom is -0.348 e. The minimum atomic E-state index is -0.375. The molecule has 0 radical (unpaired) electrons. The minimum absolute atomic E-state index is 0.140. The van der Waals surface area contributed by atoms with Crippen molar-refractivity contribution < 1.29 is 4.79 Å². The van der Waals surface area contributed by atoms with Crippen LogP contribution in [0.25, 0.3) is 0 Å². The molecule has 1 amide bonds. The Morgan fingerprint density at radius 3 is 2.81 bits per heavy atom. The Balaban J connectivity index is 1.66. The molecule has 3 heterocycles. The zero-order valence-corrected chi connectivity index (χ0v) is 15.3. The van der Waals surface area contributed by atoms with Crippen LogP contribution in [0.15, 0.2) is 60.3 Å². The predicted octanol–water partition coefficient (Wildman–Crippen LogP) is 2.10. The topological polar surface area (TPSA) is 89.7 Å². The van der Waals surface area contributed by atoms with Gasteiger partial charge in [0.05, 0.1) is 11.8 Å². The van der Waals surface area contributed by atoms with E-state index in [-0.39, 0.29) is 11.9 Å². The molecule has 0 fully saturated rings. The second-order valence-electron chi connectivity index (χ2n) is 6.39. The number of nitrogens with zero attached hydrogens (tertiary/aromatic N) is 5. The van der Waals surface area contributed by atoms with Gasteiger partial charge in [-0.15, -0.1) is 0 Å². The fourth-order valence-electron chi connectivity index (χ4n) is 3.26. The molecule has 138 valence electrons. The number of hydrogen-bond donors (Lipinski definition) is 2. The van der Waals surface area contributed by atoms with Crippen LogP contribution in [0.5, 0.6) is 0 Å². The van der Waals surface area contributed by atoms with Crippen molar-refractivity contribution in [2.45, 2.75) is 33.0 Å². The van der Waals surface area contributed by atoms with Crippen LogP contribution in [0.4, 0.5) is 5.95 Å². The molecule has 2 aromatic heterocycles. The Kier molecular flexibility index (Phi) is 4.45. The van der Waals surface area contributed by atoms with Gasteiger partial charge in [-0.25, -0.2) is 4.68 Å². The lowest BCUT2D eigenvalue weighted by molar-refractivity contribution is -0.118. The second kappa shape index (κ2) is 7.06. The third kappa shape index (κ3) is 3.21. The van der Waals surface area contributed by atoms with Crippen molar-refractivity contribution in [2.24, 2.45) is 0 Å². The summed E-state index contributed by atoms with van der Waals surface area (Å²) in [4.78, 5) is 17.3. The average molecular weight is 363 g/mol. The van der Waals surface area contributed by atoms with Crippen molar-refractivity contribution in [1.29, 1.82) is 0 Å². The van der Waals surface area contributed by atoms with Crippen LogP contribution in [-0.2, 0) is 17.9 Å². The van der Waals surface area contributed by atoms with Gasteiger partial charge in [0.2, 0.25) is 5.95 Å².